The van der Waals surface area contributed by atoms with Crippen LogP contribution in [0.5, 0.6) is 0 Å². The van der Waals surface area contributed by atoms with Gasteiger partial charge in [0.1, 0.15) is 5.57 Å². The van der Waals surface area contributed by atoms with Gasteiger partial charge in [0.2, 0.25) is 0 Å². The standard InChI is InChI=1S/C10H12O2/c1-3-5-6-8-9(7-4-2)10(11)12/h3,5,8H,6H2,1-2H3,(H,11,12). The Kier molecular flexibility index (Phi) is 5.46. The SMILES string of the molecule is CC#CC(=CCC=CC)C(=O)O. The number of allylic oxidation sites excluding steroid dienone is 3. The average Bonchev–Trinajstić information content (AvgIpc) is 2.03. The Balaban J connectivity index is 4.36. The quantitative estimate of drug-likeness (QED) is 0.393. The van der Waals surface area contributed by atoms with E-state index in [0.717, 1.165) is 0 Å². The van der Waals surface area contributed by atoms with Gasteiger partial charge in [-0.15, -0.1) is 5.92 Å². The normalized spacial score (nSPS) is 11.0. The van der Waals surface area contributed by atoms with E-state index in [0.29, 0.717) is 6.42 Å². The van der Waals surface area contributed by atoms with E-state index >= 15 is 0 Å². The Hall–Kier alpha value is -1.49. The molecule has 0 radical (unpaired) electrons. The molecule has 0 aliphatic heterocycles. The predicted molar refractivity (Wildman–Crippen MR) is 48.6 cm³/mol. The van der Waals surface area contributed by atoms with Crippen LogP contribution in [0.25, 0.3) is 0 Å². The second-order valence-electron chi connectivity index (χ2n) is 2.10. The van der Waals surface area contributed by atoms with E-state index in [1.807, 2.05) is 19.1 Å². The van der Waals surface area contributed by atoms with Crippen LogP contribution in [0.4, 0.5) is 0 Å². The van der Waals surface area contributed by atoms with Gasteiger partial charge in [0, 0.05) is 0 Å². The van der Waals surface area contributed by atoms with Crippen LogP contribution in [-0.2, 0) is 4.79 Å². The molecule has 0 fully saturated rings. The lowest BCUT2D eigenvalue weighted by atomic mass is 10.2. The minimum Gasteiger partial charge on any atom is -0.477 e. The zero-order valence-corrected chi connectivity index (χ0v) is 7.29. The summed E-state index contributed by atoms with van der Waals surface area (Å²) in [7, 11) is 0. The van der Waals surface area contributed by atoms with E-state index in [-0.39, 0.29) is 5.57 Å². The molecule has 0 atom stereocenters. The van der Waals surface area contributed by atoms with Gasteiger partial charge in [-0.05, 0) is 20.3 Å². The van der Waals surface area contributed by atoms with E-state index in [1.54, 1.807) is 13.0 Å². The monoisotopic (exact) mass is 164 g/mol. The molecule has 0 aromatic heterocycles. The number of hydrogen-bond acceptors (Lipinski definition) is 1. The Morgan fingerprint density at radius 2 is 2.25 bits per heavy atom. The fourth-order valence-corrected chi connectivity index (χ4v) is 0.648. The smallest absolute Gasteiger partial charge is 0.343 e. The van der Waals surface area contributed by atoms with Crippen molar-refractivity contribution in [2.75, 3.05) is 0 Å². The molecule has 0 rings (SSSR count). The van der Waals surface area contributed by atoms with Crippen LogP contribution in [0.1, 0.15) is 20.3 Å². The number of aliphatic carboxylic acids is 1. The number of carbonyl (C=O) groups is 1. The van der Waals surface area contributed by atoms with Crippen molar-refractivity contribution in [1.29, 1.82) is 0 Å². The van der Waals surface area contributed by atoms with Crippen LogP contribution in [-0.4, -0.2) is 11.1 Å². The molecule has 0 saturated heterocycles. The summed E-state index contributed by atoms with van der Waals surface area (Å²) in [5.74, 6) is 4.11. The van der Waals surface area contributed by atoms with Crippen LogP contribution in [0.2, 0.25) is 0 Å². The van der Waals surface area contributed by atoms with Gasteiger partial charge < -0.3 is 5.11 Å². The maximum absolute atomic E-state index is 10.5. The van der Waals surface area contributed by atoms with Crippen molar-refractivity contribution in [2.24, 2.45) is 0 Å². The first kappa shape index (κ1) is 10.5. The summed E-state index contributed by atoms with van der Waals surface area (Å²) in [5, 5.41) is 8.61. The topological polar surface area (TPSA) is 37.3 Å². The molecule has 0 bridgehead atoms. The minimum atomic E-state index is -0.964. The largest absolute Gasteiger partial charge is 0.477 e. The molecule has 0 unspecified atom stereocenters. The maximum atomic E-state index is 10.5. The molecule has 2 nitrogen and oxygen atoms in total. The molecule has 0 aliphatic carbocycles. The molecular formula is C10H12O2. The van der Waals surface area contributed by atoms with Crippen molar-refractivity contribution in [2.45, 2.75) is 20.3 Å². The van der Waals surface area contributed by atoms with Gasteiger partial charge in [0.05, 0.1) is 0 Å². The molecule has 12 heavy (non-hydrogen) atoms. The highest BCUT2D eigenvalue weighted by molar-refractivity contribution is 5.91. The molecule has 0 spiro atoms. The van der Waals surface area contributed by atoms with Crippen molar-refractivity contribution >= 4 is 5.97 Å². The Labute approximate surface area is 72.6 Å². The molecule has 0 saturated carbocycles. The fraction of sp³-hybridized carbons (Fsp3) is 0.300. The van der Waals surface area contributed by atoms with Crippen LogP contribution in [0.15, 0.2) is 23.8 Å². The van der Waals surface area contributed by atoms with Gasteiger partial charge in [-0.25, -0.2) is 4.79 Å². The second kappa shape index (κ2) is 6.23. The van der Waals surface area contributed by atoms with E-state index in [2.05, 4.69) is 11.8 Å². The van der Waals surface area contributed by atoms with Crippen LogP contribution < -0.4 is 0 Å². The van der Waals surface area contributed by atoms with Gasteiger partial charge in [0.15, 0.2) is 0 Å². The van der Waals surface area contributed by atoms with Crippen molar-refractivity contribution in [3.05, 3.63) is 23.8 Å². The summed E-state index contributed by atoms with van der Waals surface area (Å²) in [6.07, 6.45) is 5.96. The first-order valence-corrected chi connectivity index (χ1v) is 3.69. The van der Waals surface area contributed by atoms with Crippen molar-refractivity contribution in [3.63, 3.8) is 0 Å². The minimum absolute atomic E-state index is 0.163. The zero-order chi connectivity index (χ0) is 9.40. The molecule has 0 aliphatic rings. The highest BCUT2D eigenvalue weighted by Crippen LogP contribution is 1.96. The summed E-state index contributed by atoms with van der Waals surface area (Å²) in [6, 6.07) is 0. The first-order valence-electron chi connectivity index (χ1n) is 3.69. The highest BCUT2D eigenvalue weighted by atomic mass is 16.4. The fourth-order valence-electron chi connectivity index (χ4n) is 0.648. The lowest BCUT2D eigenvalue weighted by molar-refractivity contribution is -0.132. The summed E-state index contributed by atoms with van der Waals surface area (Å²) in [4.78, 5) is 10.5. The Morgan fingerprint density at radius 3 is 2.67 bits per heavy atom. The predicted octanol–water partition coefficient (Wildman–Crippen LogP) is 1.99. The van der Waals surface area contributed by atoms with Gasteiger partial charge in [-0.3, -0.25) is 0 Å². The lowest BCUT2D eigenvalue weighted by Gasteiger charge is -1.88. The van der Waals surface area contributed by atoms with Gasteiger partial charge in [-0.1, -0.05) is 24.1 Å². The molecule has 64 valence electrons. The van der Waals surface area contributed by atoms with Gasteiger partial charge >= 0.3 is 5.97 Å². The number of carboxylic acid groups (broad SMARTS) is 1. The number of hydrogen-bond donors (Lipinski definition) is 1. The van der Waals surface area contributed by atoms with Crippen molar-refractivity contribution in [1.82, 2.24) is 0 Å². The summed E-state index contributed by atoms with van der Waals surface area (Å²) in [6.45, 7) is 3.51. The molecular weight excluding hydrogens is 152 g/mol. The highest BCUT2D eigenvalue weighted by Gasteiger charge is 2.00. The molecule has 1 N–H and O–H groups in total. The second-order valence-corrected chi connectivity index (χ2v) is 2.10. The number of carboxylic acids is 1. The summed E-state index contributed by atoms with van der Waals surface area (Å²) in [5.41, 5.74) is 0.163. The van der Waals surface area contributed by atoms with Crippen molar-refractivity contribution in [3.8, 4) is 11.8 Å². The van der Waals surface area contributed by atoms with E-state index in [1.165, 1.54) is 0 Å². The molecule has 0 amide bonds. The lowest BCUT2D eigenvalue weighted by Crippen LogP contribution is -1.97. The van der Waals surface area contributed by atoms with Crippen LogP contribution in [0, 0.1) is 11.8 Å². The average molecular weight is 164 g/mol. The molecule has 2 heteroatoms. The van der Waals surface area contributed by atoms with E-state index < -0.39 is 5.97 Å². The number of rotatable bonds is 3. The third-order valence-electron chi connectivity index (χ3n) is 1.18. The Bertz CT molecular complexity index is 261. The first-order chi connectivity index (χ1) is 5.72. The van der Waals surface area contributed by atoms with E-state index in [4.69, 9.17) is 5.11 Å². The molecule has 0 aromatic rings. The third-order valence-corrected chi connectivity index (χ3v) is 1.18. The van der Waals surface area contributed by atoms with Gasteiger partial charge in [0.25, 0.3) is 0 Å². The molecule has 0 aromatic carbocycles. The Morgan fingerprint density at radius 1 is 1.58 bits per heavy atom. The maximum Gasteiger partial charge on any atom is 0.343 e. The summed E-state index contributed by atoms with van der Waals surface area (Å²) >= 11 is 0. The third kappa shape index (κ3) is 4.35. The summed E-state index contributed by atoms with van der Waals surface area (Å²) < 4.78 is 0. The molecule has 0 heterocycles. The van der Waals surface area contributed by atoms with Crippen LogP contribution >= 0.6 is 0 Å². The van der Waals surface area contributed by atoms with Gasteiger partial charge in [-0.2, -0.15) is 0 Å². The van der Waals surface area contributed by atoms with Crippen molar-refractivity contribution < 1.29 is 9.90 Å². The van der Waals surface area contributed by atoms with E-state index in [9.17, 15) is 4.79 Å². The van der Waals surface area contributed by atoms with Crippen LogP contribution in [0.3, 0.4) is 0 Å². The zero-order valence-electron chi connectivity index (χ0n) is 7.29.